The van der Waals surface area contributed by atoms with Crippen LogP contribution in [0, 0.1) is 0 Å². The molecule has 5 nitrogen and oxygen atoms in total. The molecule has 1 aromatic heterocycles. The van der Waals surface area contributed by atoms with Gasteiger partial charge in [0.05, 0.1) is 0 Å². The molecule has 0 aliphatic carbocycles. The largest absolute Gasteiger partial charge is 0.310 e. The van der Waals surface area contributed by atoms with Gasteiger partial charge in [0, 0.05) is 24.5 Å². The summed E-state index contributed by atoms with van der Waals surface area (Å²) < 4.78 is 0. The highest BCUT2D eigenvalue weighted by Gasteiger charge is 2.28. The molecule has 3 rings (SSSR count). The molecule has 1 aromatic carbocycles. The van der Waals surface area contributed by atoms with Gasteiger partial charge in [-0.3, -0.25) is 9.89 Å². The molecule has 5 heteroatoms. The minimum atomic E-state index is -0.0232. The lowest BCUT2D eigenvalue weighted by Gasteiger charge is -2.34. The predicted octanol–water partition coefficient (Wildman–Crippen LogP) is 2.11. The first-order valence-electron chi connectivity index (χ1n) is 6.94. The van der Waals surface area contributed by atoms with E-state index in [1.165, 1.54) is 5.56 Å². The number of nitrogens with zero attached hydrogens (tertiary/aromatic N) is 2. The van der Waals surface area contributed by atoms with Gasteiger partial charge in [-0.25, -0.2) is 0 Å². The van der Waals surface area contributed by atoms with Crippen LogP contribution in [0.15, 0.2) is 36.5 Å². The lowest BCUT2D eigenvalue weighted by atomic mass is 9.96. The van der Waals surface area contributed by atoms with E-state index in [1.54, 1.807) is 12.3 Å². The molecule has 2 N–H and O–H groups in total. The van der Waals surface area contributed by atoms with Crippen molar-refractivity contribution >= 4 is 11.6 Å². The number of anilines is 1. The molecular weight excluding hydrogens is 252 g/mol. The number of para-hydroxylation sites is 1. The van der Waals surface area contributed by atoms with Crippen molar-refractivity contribution in [2.45, 2.75) is 19.4 Å². The number of fused-ring (bicyclic) bond motifs is 1. The summed E-state index contributed by atoms with van der Waals surface area (Å²) in [5.41, 5.74) is 2.71. The maximum absolute atomic E-state index is 12.5. The average Bonchev–Trinajstić information content (AvgIpc) is 3.01. The summed E-state index contributed by atoms with van der Waals surface area (Å²) in [6.45, 7) is 3.74. The van der Waals surface area contributed by atoms with Gasteiger partial charge in [-0.1, -0.05) is 25.1 Å². The van der Waals surface area contributed by atoms with Crippen molar-refractivity contribution < 1.29 is 4.79 Å². The van der Waals surface area contributed by atoms with Gasteiger partial charge >= 0.3 is 0 Å². The molecule has 0 saturated carbocycles. The molecule has 0 spiro atoms. The smallest absolute Gasteiger partial charge is 0.276 e. The molecule has 0 fully saturated rings. The van der Waals surface area contributed by atoms with E-state index in [2.05, 4.69) is 28.5 Å². The molecule has 2 aromatic rings. The fourth-order valence-electron chi connectivity index (χ4n) is 2.75. The molecule has 0 bridgehead atoms. The zero-order valence-corrected chi connectivity index (χ0v) is 11.5. The van der Waals surface area contributed by atoms with Gasteiger partial charge < -0.3 is 10.2 Å². The lowest BCUT2D eigenvalue weighted by Crippen LogP contribution is -2.39. The van der Waals surface area contributed by atoms with Crippen molar-refractivity contribution in [2.24, 2.45) is 0 Å². The second kappa shape index (κ2) is 5.46. The fraction of sp³-hybridized carbons (Fsp3) is 0.333. The molecule has 2 heterocycles. The molecular formula is C15H18N4O. The van der Waals surface area contributed by atoms with E-state index in [-0.39, 0.29) is 5.91 Å². The van der Waals surface area contributed by atoms with Crippen LogP contribution in [0.4, 0.5) is 5.69 Å². The minimum Gasteiger partial charge on any atom is -0.310 e. The number of rotatable bonds is 3. The number of hydrogen-bond donors (Lipinski definition) is 2. The minimum absolute atomic E-state index is 0.0232. The van der Waals surface area contributed by atoms with E-state index in [4.69, 9.17) is 0 Å². The van der Waals surface area contributed by atoms with Crippen molar-refractivity contribution in [2.75, 3.05) is 18.0 Å². The molecule has 104 valence electrons. The summed E-state index contributed by atoms with van der Waals surface area (Å²) in [4.78, 5) is 14.4. The van der Waals surface area contributed by atoms with Crippen LogP contribution in [-0.2, 0) is 0 Å². The first kappa shape index (κ1) is 12.9. The second-order valence-electron chi connectivity index (χ2n) is 4.88. The summed E-state index contributed by atoms with van der Waals surface area (Å²) >= 11 is 0. The van der Waals surface area contributed by atoms with E-state index < -0.39 is 0 Å². The normalized spacial score (nSPS) is 17.9. The maximum Gasteiger partial charge on any atom is 0.276 e. The first-order valence-corrected chi connectivity index (χ1v) is 6.94. The molecule has 1 amide bonds. The van der Waals surface area contributed by atoms with Crippen molar-refractivity contribution in [3.8, 4) is 0 Å². The number of aromatic nitrogens is 2. The molecule has 0 saturated heterocycles. The van der Waals surface area contributed by atoms with Gasteiger partial charge in [0.25, 0.3) is 5.91 Å². The predicted molar refractivity (Wildman–Crippen MR) is 77.7 cm³/mol. The average molecular weight is 270 g/mol. The van der Waals surface area contributed by atoms with Crippen LogP contribution < -0.4 is 10.2 Å². The molecule has 0 radical (unpaired) electrons. The Morgan fingerprint density at radius 1 is 1.45 bits per heavy atom. The summed E-state index contributed by atoms with van der Waals surface area (Å²) in [7, 11) is 0. The van der Waals surface area contributed by atoms with Crippen molar-refractivity contribution in [3.63, 3.8) is 0 Å². The Morgan fingerprint density at radius 3 is 3.05 bits per heavy atom. The van der Waals surface area contributed by atoms with Gasteiger partial charge in [0.1, 0.15) is 5.69 Å². The first-order chi connectivity index (χ1) is 9.81. The number of carbonyl (C=O) groups is 1. The second-order valence-corrected chi connectivity index (χ2v) is 4.88. The third-order valence-corrected chi connectivity index (χ3v) is 3.67. The monoisotopic (exact) mass is 270 g/mol. The van der Waals surface area contributed by atoms with E-state index in [1.807, 2.05) is 23.1 Å². The quantitative estimate of drug-likeness (QED) is 0.898. The van der Waals surface area contributed by atoms with Crippen LogP contribution in [0.5, 0.6) is 0 Å². The summed E-state index contributed by atoms with van der Waals surface area (Å²) in [5.74, 6) is -0.0232. The summed E-state index contributed by atoms with van der Waals surface area (Å²) in [6.07, 6.45) is 2.52. The Bertz CT molecular complexity index is 594. The number of benzene rings is 1. The standard InChI is InChI=1S/C15H18N4O/c1-2-16-12-8-10-19(14-6-4-3-5-11(12)14)15(20)13-7-9-17-18-13/h3-7,9,12,16H,2,8,10H2,1H3,(H,17,18). The van der Waals surface area contributed by atoms with E-state index in [0.29, 0.717) is 18.3 Å². The Labute approximate surface area is 118 Å². The number of H-pyrrole nitrogens is 1. The van der Waals surface area contributed by atoms with Crippen LogP contribution in [-0.4, -0.2) is 29.2 Å². The Kier molecular flexibility index (Phi) is 3.52. The highest BCUT2D eigenvalue weighted by atomic mass is 16.2. The number of amides is 1. The van der Waals surface area contributed by atoms with Gasteiger partial charge in [-0.15, -0.1) is 0 Å². The number of carbonyl (C=O) groups excluding carboxylic acids is 1. The van der Waals surface area contributed by atoms with Crippen molar-refractivity contribution in [3.05, 3.63) is 47.8 Å². The molecule has 1 aliphatic rings. The van der Waals surface area contributed by atoms with Crippen LogP contribution >= 0.6 is 0 Å². The van der Waals surface area contributed by atoms with E-state index in [0.717, 1.165) is 18.7 Å². The maximum atomic E-state index is 12.5. The van der Waals surface area contributed by atoms with Crippen molar-refractivity contribution in [1.82, 2.24) is 15.5 Å². The zero-order valence-electron chi connectivity index (χ0n) is 11.5. The van der Waals surface area contributed by atoms with Crippen molar-refractivity contribution in [1.29, 1.82) is 0 Å². The third kappa shape index (κ3) is 2.20. The Balaban J connectivity index is 1.94. The molecule has 1 atom stereocenters. The van der Waals surface area contributed by atoms with Crippen LogP contribution in [0.25, 0.3) is 0 Å². The molecule has 1 unspecified atom stereocenters. The molecule has 1 aliphatic heterocycles. The number of hydrogen-bond acceptors (Lipinski definition) is 3. The summed E-state index contributed by atoms with van der Waals surface area (Å²) in [6, 6.07) is 10.1. The van der Waals surface area contributed by atoms with Gasteiger partial charge in [0.15, 0.2) is 0 Å². The molecule has 20 heavy (non-hydrogen) atoms. The van der Waals surface area contributed by atoms with Gasteiger partial charge in [0.2, 0.25) is 0 Å². The van der Waals surface area contributed by atoms with E-state index >= 15 is 0 Å². The van der Waals surface area contributed by atoms with Crippen LogP contribution in [0.2, 0.25) is 0 Å². The SMILES string of the molecule is CCNC1CCN(C(=O)c2ccn[nH]2)c2ccccc21. The topological polar surface area (TPSA) is 61.0 Å². The fourth-order valence-corrected chi connectivity index (χ4v) is 2.75. The van der Waals surface area contributed by atoms with Crippen LogP contribution in [0.3, 0.4) is 0 Å². The number of nitrogens with one attached hydrogen (secondary N) is 2. The van der Waals surface area contributed by atoms with E-state index in [9.17, 15) is 4.79 Å². The highest BCUT2D eigenvalue weighted by Crippen LogP contribution is 2.34. The lowest BCUT2D eigenvalue weighted by molar-refractivity contribution is 0.0979. The number of aromatic amines is 1. The zero-order chi connectivity index (χ0) is 13.9. The Morgan fingerprint density at radius 2 is 2.30 bits per heavy atom. The highest BCUT2D eigenvalue weighted by molar-refractivity contribution is 6.05. The summed E-state index contributed by atoms with van der Waals surface area (Å²) in [5, 5.41) is 10.1. The third-order valence-electron chi connectivity index (χ3n) is 3.67. The Hall–Kier alpha value is -2.14. The van der Waals surface area contributed by atoms with Gasteiger partial charge in [-0.2, -0.15) is 5.10 Å². The van der Waals surface area contributed by atoms with Crippen LogP contribution in [0.1, 0.15) is 35.4 Å². The van der Waals surface area contributed by atoms with Gasteiger partial charge in [-0.05, 0) is 30.7 Å².